The number of halogens is 3. The number of amides is 1. The normalized spacial score (nSPS) is 29.1. The number of nitrogens with zero attached hydrogens (tertiary/aromatic N) is 6. The van der Waals surface area contributed by atoms with Crippen LogP contribution >= 0.6 is 11.6 Å². The molecule has 0 spiro atoms. The summed E-state index contributed by atoms with van der Waals surface area (Å²) in [6.45, 7) is 8.78. The third kappa shape index (κ3) is 4.96. The number of carbonyl (C=O) groups excluding carboxylic acids is 1. The predicted octanol–water partition coefficient (Wildman–Crippen LogP) is 4.61. The van der Waals surface area contributed by atoms with Crippen LogP contribution in [0.5, 0.6) is 6.01 Å². The number of carbonyl (C=O) groups is 1. The van der Waals surface area contributed by atoms with Crippen LogP contribution in [0.3, 0.4) is 0 Å². The molecule has 4 atom stereocenters. The molecule has 2 aromatic rings. The van der Waals surface area contributed by atoms with Crippen molar-refractivity contribution in [2.75, 3.05) is 44.2 Å². The minimum absolute atomic E-state index is 0.0259. The molecule has 0 radical (unpaired) electrons. The van der Waals surface area contributed by atoms with Gasteiger partial charge in [0.2, 0.25) is 0 Å². The lowest BCUT2D eigenvalue weighted by Gasteiger charge is -2.38. The number of alkyl halides is 1. The van der Waals surface area contributed by atoms with Crippen LogP contribution in [0.2, 0.25) is 5.15 Å². The summed E-state index contributed by atoms with van der Waals surface area (Å²) in [6.07, 6.45) is 4.37. The Hall–Kier alpha value is -2.53. The largest absolute Gasteiger partial charge is 0.461 e. The molecule has 4 saturated heterocycles. The van der Waals surface area contributed by atoms with Gasteiger partial charge in [0, 0.05) is 38.8 Å². The topological polar surface area (TPSA) is 83.9 Å². The molecule has 4 fully saturated rings. The van der Waals surface area contributed by atoms with Gasteiger partial charge in [0.1, 0.15) is 29.7 Å². The third-order valence-electron chi connectivity index (χ3n) is 8.54. The third-order valence-corrected chi connectivity index (χ3v) is 8.80. The quantitative estimate of drug-likeness (QED) is 0.498. The minimum Gasteiger partial charge on any atom is -0.461 e. The number of aromatic nitrogens is 3. The summed E-state index contributed by atoms with van der Waals surface area (Å²) in [5, 5.41) is 0.161. The van der Waals surface area contributed by atoms with Crippen LogP contribution in [0.1, 0.15) is 52.9 Å². The fraction of sp³-hybridized carbons (Fsp3) is 0.704. The number of hydrogen-bond donors (Lipinski definition) is 0. The number of piperidine rings is 1. The van der Waals surface area contributed by atoms with E-state index in [4.69, 9.17) is 26.1 Å². The van der Waals surface area contributed by atoms with E-state index in [1.807, 2.05) is 20.8 Å². The predicted molar refractivity (Wildman–Crippen MR) is 143 cm³/mol. The van der Waals surface area contributed by atoms with Gasteiger partial charge in [-0.05, 0) is 58.9 Å². The molecule has 1 amide bonds. The van der Waals surface area contributed by atoms with E-state index < -0.39 is 17.6 Å². The fourth-order valence-electron chi connectivity index (χ4n) is 6.85. The molecular weight excluding hydrogens is 530 g/mol. The SMILES string of the molecule is CC(C)(C)OC(=O)N1CC2CCCN(c3nc(OC[C@@]45CCCN4C[C@H](F)C5)nc4c(F)c(Cl)ncc34)C2C1. The molecular formula is C27H35ClF2N6O3. The second kappa shape index (κ2) is 9.83. The molecule has 4 aliphatic rings. The van der Waals surface area contributed by atoms with Crippen LogP contribution in [0.15, 0.2) is 6.20 Å². The van der Waals surface area contributed by atoms with Crippen molar-refractivity contribution in [2.24, 2.45) is 5.92 Å². The lowest BCUT2D eigenvalue weighted by Crippen LogP contribution is -2.46. The first kappa shape index (κ1) is 26.7. The van der Waals surface area contributed by atoms with Gasteiger partial charge in [0.25, 0.3) is 0 Å². The summed E-state index contributed by atoms with van der Waals surface area (Å²) in [5.41, 5.74) is -0.936. The Balaban J connectivity index is 1.32. The van der Waals surface area contributed by atoms with Crippen molar-refractivity contribution >= 4 is 34.4 Å². The Morgan fingerprint density at radius 2 is 2.03 bits per heavy atom. The van der Waals surface area contributed by atoms with Crippen LogP contribution in [0.25, 0.3) is 10.9 Å². The van der Waals surface area contributed by atoms with E-state index in [2.05, 4.69) is 19.8 Å². The number of pyridine rings is 1. The highest BCUT2D eigenvalue weighted by molar-refractivity contribution is 6.30. The fourth-order valence-corrected chi connectivity index (χ4v) is 6.99. The van der Waals surface area contributed by atoms with Crippen LogP contribution in [0.4, 0.5) is 19.4 Å². The highest BCUT2D eigenvalue weighted by atomic mass is 35.5. The molecule has 39 heavy (non-hydrogen) atoms. The molecule has 212 valence electrons. The van der Waals surface area contributed by atoms with Gasteiger partial charge in [0.15, 0.2) is 11.0 Å². The van der Waals surface area contributed by atoms with Crippen LogP contribution < -0.4 is 9.64 Å². The average molecular weight is 565 g/mol. The molecule has 2 aromatic heterocycles. The van der Waals surface area contributed by atoms with Crippen molar-refractivity contribution in [1.82, 2.24) is 24.8 Å². The van der Waals surface area contributed by atoms with Crippen LogP contribution in [0, 0.1) is 11.7 Å². The molecule has 9 nitrogen and oxygen atoms in total. The molecule has 0 saturated carbocycles. The zero-order valence-corrected chi connectivity index (χ0v) is 23.4. The van der Waals surface area contributed by atoms with E-state index in [1.165, 1.54) is 6.20 Å². The van der Waals surface area contributed by atoms with Gasteiger partial charge in [-0.2, -0.15) is 9.97 Å². The Morgan fingerprint density at radius 3 is 2.82 bits per heavy atom. The van der Waals surface area contributed by atoms with Crippen molar-refractivity contribution in [3.05, 3.63) is 17.2 Å². The molecule has 2 unspecified atom stereocenters. The van der Waals surface area contributed by atoms with Crippen molar-refractivity contribution in [1.29, 1.82) is 0 Å². The highest BCUT2D eigenvalue weighted by Crippen LogP contribution is 2.41. The Bertz CT molecular complexity index is 1280. The molecule has 6 rings (SSSR count). The second-order valence-corrected chi connectivity index (χ2v) is 12.7. The summed E-state index contributed by atoms with van der Waals surface area (Å²) in [6, 6.07) is 0.00771. The lowest BCUT2D eigenvalue weighted by molar-refractivity contribution is 0.0287. The van der Waals surface area contributed by atoms with E-state index in [0.29, 0.717) is 43.8 Å². The zero-order valence-electron chi connectivity index (χ0n) is 22.6. The van der Waals surface area contributed by atoms with Gasteiger partial charge in [-0.3, -0.25) is 4.90 Å². The van der Waals surface area contributed by atoms with Crippen molar-refractivity contribution in [2.45, 2.75) is 76.2 Å². The highest BCUT2D eigenvalue weighted by Gasteiger charge is 2.49. The number of fused-ring (bicyclic) bond motifs is 3. The summed E-state index contributed by atoms with van der Waals surface area (Å²) in [7, 11) is 0. The maximum Gasteiger partial charge on any atom is 0.410 e. The number of likely N-dealkylation sites (tertiary alicyclic amines) is 1. The summed E-state index contributed by atoms with van der Waals surface area (Å²) in [5.74, 6) is -0.00517. The van der Waals surface area contributed by atoms with E-state index in [0.717, 1.165) is 32.2 Å². The van der Waals surface area contributed by atoms with E-state index in [-0.39, 0.29) is 46.9 Å². The van der Waals surface area contributed by atoms with Gasteiger partial charge >= 0.3 is 12.1 Å². The first-order valence-electron chi connectivity index (χ1n) is 13.8. The van der Waals surface area contributed by atoms with Crippen molar-refractivity contribution in [3.63, 3.8) is 0 Å². The number of ether oxygens (including phenoxy) is 2. The van der Waals surface area contributed by atoms with Gasteiger partial charge < -0.3 is 19.3 Å². The zero-order chi connectivity index (χ0) is 27.5. The van der Waals surface area contributed by atoms with E-state index in [9.17, 15) is 9.18 Å². The summed E-state index contributed by atoms with van der Waals surface area (Å²) in [4.78, 5) is 32.1. The maximum atomic E-state index is 15.2. The second-order valence-electron chi connectivity index (χ2n) is 12.4. The standard InChI is InChI=1S/C27H35ClF2N6O3/c1-26(2,3)39-25(37)34-12-16-6-4-9-36(19(16)14-34)23-18-11-31-22(28)20(30)21(18)32-24(33-23)38-15-27-7-5-8-35(27)13-17(29)10-27/h11,16-17,19H,4-10,12-15H2,1-3H3/t16?,17-,19?,27+/m1/s1. The van der Waals surface area contributed by atoms with Gasteiger partial charge in [-0.15, -0.1) is 0 Å². The maximum absolute atomic E-state index is 15.2. The minimum atomic E-state index is -0.884. The first-order valence-corrected chi connectivity index (χ1v) is 14.2. The monoisotopic (exact) mass is 564 g/mol. The summed E-state index contributed by atoms with van der Waals surface area (Å²) < 4.78 is 41.3. The lowest BCUT2D eigenvalue weighted by atomic mass is 9.92. The van der Waals surface area contributed by atoms with E-state index in [1.54, 1.807) is 4.90 Å². The Morgan fingerprint density at radius 1 is 1.21 bits per heavy atom. The van der Waals surface area contributed by atoms with Crippen molar-refractivity contribution < 1.29 is 23.0 Å². The van der Waals surface area contributed by atoms with Gasteiger partial charge in [0.05, 0.1) is 17.0 Å². The first-order chi connectivity index (χ1) is 18.5. The van der Waals surface area contributed by atoms with Crippen LogP contribution in [-0.2, 0) is 4.74 Å². The molecule has 0 aromatic carbocycles. The number of rotatable bonds is 4. The summed E-state index contributed by atoms with van der Waals surface area (Å²) >= 11 is 6.04. The Labute approximate surface area is 231 Å². The molecule has 0 aliphatic carbocycles. The molecule has 0 bridgehead atoms. The smallest absolute Gasteiger partial charge is 0.410 e. The average Bonchev–Trinajstić information content (AvgIpc) is 3.55. The number of anilines is 1. The van der Waals surface area contributed by atoms with Crippen LogP contribution in [-0.4, -0.2) is 93.5 Å². The molecule has 4 aliphatic heterocycles. The Kier molecular flexibility index (Phi) is 6.73. The molecule has 0 N–H and O–H groups in total. The van der Waals surface area contributed by atoms with Gasteiger partial charge in [-0.1, -0.05) is 11.6 Å². The molecule has 6 heterocycles. The van der Waals surface area contributed by atoms with Gasteiger partial charge in [-0.25, -0.2) is 18.6 Å². The molecule has 12 heteroatoms. The van der Waals surface area contributed by atoms with Crippen molar-refractivity contribution in [3.8, 4) is 6.01 Å². The van der Waals surface area contributed by atoms with E-state index >= 15 is 4.39 Å². The number of hydrogen-bond acceptors (Lipinski definition) is 8.